The van der Waals surface area contributed by atoms with Crippen molar-refractivity contribution in [3.05, 3.63) is 34.9 Å². The second kappa shape index (κ2) is 7.83. The van der Waals surface area contributed by atoms with Crippen LogP contribution in [0.3, 0.4) is 0 Å². The fourth-order valence-electron chi connectivity index (χ4n) is 2.56. The Morgan fingerprint density at radius 2 is 1.70 bits per heavy atom. The summed E-state index contributed by atoms with van der Waals surface area (Å²) in [4.78, 5) is 0. The zero-order valence-electron chi connectivity index (χ0n) is 14.3. The van der Waals surface area contributed by atoms with Crippen molar-refractivity contribution in [1.82, 2.24) is 5.32 Å². The Labute approximate surface area is 126 Å². The predicted molar refractivity (Wildman–Crippen MR) is 90.4 cm³/mol. The molecule has 1 aromatic carbocycles. The maximum atomic E-state index is 3.56. The number of hydrogen-bond donors (Lipinski definition) is 1. The maximum Gasteiger partial charge on any atom is 0.00106 e. The number of rotatable bonds is 8. The van der Waals surface area contributed by atoms with Gasteiger partial charge in [0, 0.05) is 12.6 Å². The van der Waals surface area contributed by atoms with E-state index in [-0.39, 0.29) is 0 Å². The topological polar surface area (TPSA) is 12.0 Å². The molecule has 1 heteroatoms. The van der Waals surface area contributed by atoms with Crippen LogP contribution in [-0.2, 0) is 19.3 Å². The van der Waals surface area contributed by atoms with Gasteiger partial charge in [0.2, 0.25) is 0 Å². The molecule has 0 fully saturated rings. The van der Waals surface area contributed by atoms with Gasteiger partial charge in [0.1, 0.15) is 0 Å². The minimum absolute atomic E-state index is 0.361. The quantitative estimate of drug-likeness (QED) is 0.720. The van der Waals surface area contributed by atoms with Crippen molar-refractivity contribution in [1.29, 1.82) is 0 Å². The Balaban J connectivity index is 2.60. The number of benzene rings is 1. The average Bonchev–Trinajstić information content (AvgIpc) is 2.43. The SMILES string of the molecule is CCc1ccc(CCC(C)(C)CNC(C)C)cc1CC. The molecular formula is C19H33N. The molecule has 0 aliphatic carbocycles. The molecule has 0 heterocycles. The van der Waals surface area contributed by atoms with Crippen LogP contribution < -0.4 is 5.32 Å². The smallest absolute Gasteiger partial charge is 0.00106 e. The largest absolute Gasteiger partial charge is 0.314 e. The summed E-state index contributed by atoms with van der Waals surface area (Å²) in [6.45, 7) is 14.8. The van der Waals surface area contributed by atoms with Crippen LogP contribution in [0, 0.1) is 5.41 Å². The monoisotopic (exact) mass is 275 g/mol. The van der Waals surface area contributed by atoms with Gasteiger partial charge >= 0.3 is 0 Å². The fraction of sp³-hybridized carbons (Fsp3) is 0.684. The molecular weight excluding hydrogens is 242 g/mol. The van der Waals surface area contributed by atoms with Crippen molar-refractivity contribution in [2.75, 3.05) is 6.54 Å². The molecule has 0 spiro atoms. The molecule has 0 atom stereocenters. The highest BCUT2D eigenvalue weighted by Gasteiger charge is 2.17. The Morgan fingerprint density at radius 1 is 1.05 bits per heavy atom. The Bertz CT molecular complexity index is 404. The lowest BCUT2D eigenvalue weighted by Crippen LogP contribution is -2.34. The third-order valence-electron chi connectivity index (χ3n) is 4.11. The summed E-state index contributed by atoms with van der Waals surface area (Å²) in [6.07, 6.45) is 4.72. The molecule has 0 unspecified atom stereocenters. The van der Waals surface area contributed by atoms with E-state index < -0.39 is 0 Å². The van der Waals surface area contributed by atoms with Gasteiger partial charge in [-0.25, -0.2) is 0 Å². The van der Waals surface area contributed by atoms with Crippen molar-refractivity contribution in [3.8, 4) is 0 Å². The fourth-order valence-corrected chi connectivity index (χ4v) is 2.56. The molecule has 20 heavy (non-hydrogen) atoms. The van der Waals surface area contributed by atoms with E-state index in [1.54, 1.807) is 0 Å². The minimum atomic E-state index is 0.361. The molecule has 0 amide bonds. The normalized spacial score (nSPS) is 12.2. The minimum Gasteiger partial charge on any atom is -0.314 e. The molecule has 0 saturated carbocycles. The van der Waals surface area contributed by atoms with Crippen LogP contribution in [0.25, 0.3) is 0 Å². The first-order chi connectivity index (χ1) is 9.38. The van der Waals surface area contributed by atoms with E-state index in [1.165, 1.54) is 29.5 Å². The Hall–Kier alpha value is -0.820. The molecule has 0 aromatic heterocycles. The van der Waals surface area contributed by atoms with Crippen LogP contribution in [0.15, 0.2) is 18.2 Å². The van der Waals surface area contributed by atoms with Crippen molar-refractivity contribution >= 4 is 0 Å². The van der Waals surface area contributed by atoms with Crippen LogP contribution >= 0.6 is 0 Å². The van der Waals surface area contributed by atoms with Crippen LogP contribution in [-0.4, -0.2) is 12.6 Å². The summed E-state index contributed by atoms with van der Waals surface area (Å²) in [7, 11) is 0. The maximum absolute atomic E-state index is 3.56. The zero-order valence-corrected chi connectivity index (χ0v) is 14.3. The molecule has 0 aliphatic heterocycles. The highest BCUT2D eigenvalue weighted by Crippen LogP contribution is 2.23. The lowest BCUT2D eigenvalue weighted by Gasteiger charge is -2.26. The van der Waals surface area contributed by atoms with Crippen molar-refractivity contribution in [2.24, 2.45) is 5.41 Å². The van der Waals surface area contributed by atoms with Crippen molar-refractivity contribution in [2.45, 2.75) is 73.3 Å². The molecule has 114 valence electrons. The summed E-state index contributed by atoms with van der Waals surface area (Å²) in [5.74, 6) is 0. The number of aryl methyl sites for hydroxylation is 3. The second-order valence-electron chi connectivity index (χ2n) is 7.01. The molecule has 0 bridgehead atoms. The third-order valence-corrected chi connectivity index (χ3v) is 4.11. The average molecular weight is 275 g/mol. The molecule has 0 saturated heterocycles. The van der Waals surface area contributed by atoms with Crippen LogP contribution in [0.1, 0.15) is 64.7 Å². The Kier molecular flexibility index (Phi) is 6.75. The van der Waals surface area contributed by atoms with E-state index in [1.807, 2.05) is 0 Å². The lowest BCUT2D eigenvalue weighted by atomic mass is 9.85. The van der Waals surface area contributed by atoms with E-state index in [0.29, 0.717) is 11.5 Å². The molecule has 1 nitrogen and oxygen atoms in total. The third kappa shape index (κ3) is 5.66. The van der Waals surface area contributed by atoms with Crippen LogP contribution in [0.4, 0.5) is 0 Å². The van der Waals surface area contributed by atoms with Crippen LogP contribution in [0.2, 0.25) is 0 Å². The molecule has 0 aliphatic rings. The van der Waals surface area contributed by atoms with Crippen molar-refractivity contribution in [3.63, 3.8) is 0 Å². The first-order valence-electron chi connectivity index (χ1n) is 8.22. The first kappa shape index (κ1) is 17.2. The highest BCUT2D eigenvalue weighted by atomic mass is 14.9. The standard InChI is InChI=1S/C19H33N/c1-7-17-10-9-16(13-18(17)8-2)11-12-19(5,6)14-20-15(3)4/h9-10,13,15,20H,7-8,11-12,14H2,1-6H3. The van der Waals surface area contributed by atoms with Crippen molar-refractivity contribution < 1.29 is 0 Å². The van der Waals surface area contributed by atoms with Gasteiger partial charge in [-0.15, -0.1) is 0 Å². The van der Waals surface area contributed by atoms with Gasteiger partial charge in [-0.2, -0.15) is 0 Å². The highest BCUT2D eigenvalue weighted by molar-refractivity contribution is 5.32. The van der Waals surface area contributed by atoms with E-state index in [9.17, 15) is 0 Å². The van der Waals surface area contributed by atoms with Crippen LogP contribution in [0.5, 0.6) is 0 Å². The Morgan fingerprint density at radius 3 is 2.25 bits per heavy atom. The number of hydrogen-bond acceptors (Lipinski definition) is 1. The van der Waals surface area contributed by atoms with Gasteiger partial charge in [0.25, 0.3) is 0 Å². The van der Waals surface area contributed by atoms with E-state index in [2.05, 4.69) is 65.1 Å². The first-order valence-corrected chi connectivity index (χ1v) is 8.22. The van der Waals surface area contributed by atoms with Gasteiger partial charge in [0.05, 0.1) is 0 Å². The van der Waals surface area contributed by atoms with E-state index >= 15 is 0 Å². The van der Waals surface area contributed by atoms with Gasteiger partial charge in [0.15, 0.2) is 0 Å². The van der Waals surface area contributed by atoms with Gasteiger partial charge < -0.3 is 5.32 Å². The predicted octanol–water partition coefficient (Wildman–Crippen LogP) is 4.77. The van der Waals surface area contributed by atoms with Gasteiger partial charge in [-0.05, 0) is 47.8 Å². The summed E-state index contributed by atoms with van der Waals surface area (Å²) in [6, 6.07) is 7.65. The lowest BCUT2D eigenvalue weighted by molar-refractivity contribution is 0.304. The molecule has 0 radical (unpaired) electrons. The van der Waals surface area contributed by atoms with E-state index in [0.717, 1.165) is 19.4 Å². The number of nitrogens with one attached hydrogen (secondary N) is 1. The van der Waals surface area contributed by atoms with E-state index in [4.69, 9.17) is 0 Å². The van der Waals surface area contributed by atoms with Gasteiger partial charge in [-0.3, -0.25) is 0 Å². The zero-order chi connectivity index (χ0) is 15.2. The van der Waals surface area contributed by atoms with Gasteiger partial charge in [-0.1, -0.05) is 59.7 Å². The summed E-state index contributed by atoms with van der Waals surface area (Å²) in [5, 5.41) is 3.56. The molecule has 1 rings (SSSR count). The molecule has 1 aromatic rings. The molecule has 1 N–H and O–H groups in total. The second-order valence-corrected chi connectivity index (χ2v) is 7.01. The summed E-state index contributed by atoms with van der Waals surface area (Å²) in [5.41, 5.74) is 4.90. The summed E-state index contributed by atoms with van der Waals surface area (Å²) >= 11 is 0. The summed E-state index contributed by atoms with van der Waals surface area (Å²) < 4.78 is 0.